The van der Waals surface area contributed by atoms with Crippen molar-refractivity contribution in [3.05, 3.63) is 237 Å². The van der Waals surface area contributed by atoms with Crippen LogP contribution in [0, 0.1) is 0 Å². The average molecular weight is 1150 g/mol. The first-order valence-electron chi connectivity index (χ1n) is 26.3. The highest BCUT2D eigenvalue weighted by molar-refractivity contribution is 5.90. The summed E-state index contributed by atoms with van der Waals surface area (Å²) >= 11 is 0. The Balaban J connectivity index is 0.000000498. The molecular formula is C65H78O18. The zero-order valence-corrected chi connectivity index (χ0v) is 48.0. The fourth-order valence-corrected chi connectivity index (χ4v) is 6.25. The van der Waals surface area contributed by atoms with Crippen LogP contribution in [0.25, 0.3) is 0 Å². The monoisotopic (exact) mass is 1150 g/mol. The smallest absolute Gasteiger partial charge is 0.335 e. The van der Waals surface area contributed by atoms with Gasteiger partial charge in [-0.05, 0) is 147 Å². The van der Waals surface area contributed by atoms with Crippen LogP contribution in [0.5, 0.6) is 0 Å². The Morgan fingerprint density at radius 3 is 1.04 bits per heavy atom. The van der Waals surface area contributed by atoms with E-state index in [-0.39, 0.29) is 17.2 Å². The highest BCUT2D eigenvalue weighted by Crippen LogP contribution is 2.12. The molecule has 0 saturated heterocycles. The molecule has 83 heavy (non-hydrogen) atoms. The molecule has 6 aromatic carbocycles. The number of benzene rings is 6. The van der Waals surface area contributed by atoms with Crippen molar-refractivity contribution in [2.75, 3.05) is 33.0 Å². The molecule has 18 heteroatoms. The third kappa shape index (κ3) is 34.3. The Morgan fingerprint density at radius 2 is 0.735 bits per heavy atom. The summed E-state index contributed by atoms with van der Waals surface area (Å²) < 4.78 is 31.6. The minimum Gasteiger partial charge on any atom is -0.478 e. The van der Waals surface area contributed by atoms with Crippen LogP contribution in [0.2, 0.25) is 0 Å². The van der Waals surface area contributed by atoms with Crippen LogP contribution in [0.3, 0.4) is 0 Å². The topological polar surface area (TPSA) is 279 Å². The lowest BCUT2D eigenvalue weighted by molar-refractivity contribution is 0.0653. The molecule has 0 atom stereocenters. The molecule has 6 aromatic rings. The standard InChI is InChI=1S/C12H14O3.2C11H14O3.C11H12O3.2C10H12O3/c1-9(2)7-15-8-10-4-3-5-11(6-10)12(13)14;1-8(2)14-7-9-3-5-10(6-4-9)11(12)13;1-2-7-14-8-9-3-5-10(6-4-9)11(12)13;1-2-6-14-8-9-4-3-5-10(7-9)11(12)13;1-2-13-7-8-3-5-9(6-4-8)10(11)12;1-2-13-7-8-4-3-5-9(6-8)10(11)12/h3-6H,1,7-8H2,2H3,(H,13,14);3-6,8H,7H2,1-2H3,(H,12,13);3-6H,2,7-8H2,1H3,(H,12,13);2-5,7H,1,6,8H2,(H,12,13);2*3-6H,2,7H2,1H3,(H,11,12). The number of hydrogen-bond donors (Lipinski definition) is 6. The molecule has 0 radical (unpaired) electrons. The molecule has 0 bridgehead atoms. The quantitative estimate of drug-likeness (QED) is 0.0206. The fraction of sp³-hybridized carbons (Fsp3) is 0.292. The molecular weight excluding hydrogens is 1070 g/mol. The van der Waals surface area contributed by atoms with E-state index in [9.17, 15) is 28.8 Å². The number of ether oxygens (including phenoxy) is 6. The van der Waals surface area contributed by atoms with E-state index in [0.29, 0.717) is 88.3 Å². The summed E-state index contributed by atoms with van der Waals surface area (Å²) in [6.45, 7) is 24.8. The molecule has 0 aliphatic rings. The molecule has 0 fully saturated rings. The van der Waals surface area contributed by atoms with Crippen LogP contribution in [0.15, 0.2) is 170 Å². The molecule has 6 rings (SSSR count). The third-order valence-corrected chi connectivity index (χ3v) is 10.4. The lowest BCUT2D eigenvalue weighted by Gasteiger charge is -2.07. The van der Waals surface area contributed by atoms with Gasteiger partial charge < -0.3 is 59.1 Å². The summed E-state index contributed by atoms with van der Waals surface area (Å²) in [5, 5.41) is 52.1. The number of carboxylic acids is 6. The van der Waals surface area contributed by atoms with E-state index >= 15 is 0 Å². The van der Waals surface area contributed by atoms with Crippen LogP contribution in [0.1, 0.15) is 143 Å². The SMILES string of the molecule is C=C(C)COCc1cccc(C(=O)O)c1.C=CCOCc1cccc(C(=O)O)c1.CC(C)OCc1ccc(C(=O)O)cc1.CCCOCc1ccc(C(=O)O)cc1.CCOCc1ccc(C(=O)O)cc1.CCOCc1cccc(C(=O)O)c1. The van der Waals surface area contributed by atoms with E-state index in [1.165, 1.54) is 0 Å². The Kier molecular flexibility index (Phi) is 37.6. The number of carbonyl (C=O) groups is 6. The largest absolute Gasteiger partial charge is 0.478 e. The van der Waals surface area contributed by atoms with Crippen molar-refractivity contribution in [2.24, 2.45) is 0 Å². The number of aromatic carboxylic acids is 6. The van der Waals surface area contributed by atoms with Gasteiger partial charge in [0.2, 0.25) is 0 Å². The molecule has 6 N–H and O–H groups in total. The zero-order valence-electron chi connectivity index (χ0n) is 48.0. The van der Waals surface area contributed by atoms with E-state index < -0.39 is 35.8 Å². The number of rotatable bonds is 27. The fourth-order valence-electron chi connectivity index (χ4n) is 6.25. The summed E-state index contributed by atoms with van der Waals surface area (Å²) in [6, 6.07) is 40.3. The van der Waals surface area contributed by atoms with Crippen molar-refractivity contribution in [3.63, 3.8) is 0 Å². The highest BCUT2D eigenvalue weighted by atomic mass is 16.5. The van der Waals surface area contributed by atoms with Gasteiger partial charge >= 0.3 is 35.8 Å². The molecule has 0 heterocycles. The second-order valence-corrected chi connectivity index (χ2v) is 18.0. The molecule has 0 saturated carbocycles. The van der Waals surface area contributed by atoms with Crippen LogP contribution >= 0.6 is 0 Å². The van der Waals surface area contributed by atoms with Gasteiger partial charge in [-0.1, -0.05) is 97.9 Å². The van der Waals surface area contributed by atoms with E-state index in [1.54, 1.807) is 133 Å². The zero-order chi connectivity index (χ0) is 62.0. The van der Waals surface area contributed by atoms with E-state index in [2.05, 4.69) is 13.2 Å². The molecule has 0 unspecified atom stereocenters. The van der Waals surface area contributed by atoms with Crippen LogP contribution in [-0.2, 0) is 68.1 Å². The van der Waals surface area contributed by atoms with Crippen molar-refractivity contribution in [2.45, 2.75) is 93.7 Å². The van der Waals surface area contributed by atoms with Gasteiger partial charge in [-0.25, -0.2) is 28.8 Å². The normalized spacial score (nSPS) is 10.0. The summed E-state index contributed by atoms with van der Waals surface area (Å²) in [5.74, 6) is -5.44. The average Bonchev–Trinajstić information content (AvgIpc) is 3.48. The molecule has 18 nitrogen and oxygen atoms in total. The third-order valence-electron chi connectivity index (χ3n) is 10.4. The molecule has 0 aromatic heterocycles. The number of hydrogen-bond acceptors (Lipinski definition) is 12. The lowest BCUT2D eigenvalue weighted by atomic mass is 10.1. The summed E-state index contributed by atoms with van der Waals surface area (Å²) in [5.41, 5.74) is 8.32. The van der Waals surface area contributed by atoms with Crippen molar-refractivity contribution >= 4 is 35.8 Å². The van der Waals surface area contributed by atoms with Gasteiger partial charge in [0.05, 0.1) is 92.3 Å². The minimum absolute atomic E-state index is 0.189. The first-order valence-corrected chi connectivity index (χ1v) is 26.3. The Hall–Kier alpha value is -8.62. The first kappa shape index (κ1) is 72.4. The van der Waals surface area contributed by atoms with Gasteiger partial charge in [0, 0.05) is 19.8 Å². The Labute approximate surface area is 485 Å². The van der Waals surface area contributed by atoms with E-state index in [4.69, 9.17) is 59.1 Å². The van der Waals surface area contributed by atoms with Crippen LogP contribution in [0.4, 0.5) is 0 Å². The van der Waals surface area contributed by atoms with E-state index in [0.717, 1.165) is 52.0 Å². The minimum atomic E-state index is -0.921. The van der Waals surface area contributed by atoms with Crippen molar-refractivity contribution in [1.29, 1.82) is 0 Å². The summed E-state index contributed by atoms with van der Waals surface area (Å²) in [6.07, 6.45) is 2.84. The molecule has 0 aliphatic carbocycles. The summed E-state index contributed by atoms with van der Waals surface area (Å²) in [4.78, 5) is 63.5. The van der Waals surface area contributed by atoms with E-state index in [1.807, 2.05) is 59.7 Å². The van der Waals surface area contributed by atoms with Crippen molar-refractivity contribution in [1.82, 2.24) is 0 Å². The maximum Gasteiger partial charge on any atom is 0.335 e. The Morgan fingerprint density at radius 1 is 0.422 bits per heavy atom. The predicted octanol–water partition coefficient (Wildman–Crippen LogP) is 13.0. The van der Waals surface area contributed by atoms with Gasteiger partial charge in [-0.2, -0.15) is 0 Å². The van der Waals surface area contributed by atoms with Crippen LogP contribution < -0.4 is 0 Å². The molecule has 446 valence electrons. The van der Waals surface area contributed by atoms with Gasteiger partial charge in [0.15, 0.2) is 0 Å². The molecule has 0 aliphatic heterocycles. The van der Waals surface area contributed by atoms with Gasteiger partial charge in [-0.15, -0.1) is 6.58 Å². The highest BCUT2D eigenvalue weighted by Gasteiger charge is 2.07. The maximum atomic E-state index is 10.7. The summed E-state index contributed by atoms with van der Waals surface area (Å²) in [7, 11) is 0. The van der Waals surface area contributed by atoms with Gasteiger partial charge in [-0.3, -0.25) is 0 Å². The molecule has 0 amide bonds. The number of carboxylic acid groups (broad SMARTS) is 6. The second kappa shape index (κ2) is 43.2. The molecule has 0 spiro atoms. The predicted molar refractivity (Wildman–Crippen MR) is 315 cm³/mol. The van der Waals surface area contributed by atoms with Crippen molar-refractivity contribution in [3.8, 4) is 0 Å². The van der Waals surface area contributed by atoms with Gasteiger partial charge in [0.1, 0.15) is 0 Å². The first-order chi connectivity index (χ1) is 39.6. The maximum absolute atomic E-state index is 10.7. The van der Waals surface area contributed by atoms with Crippen LogP contribution in [-0.4, -0.2) is 106 Å². The van der Waals surface area contributed by atoms with Gasteiger partial charge in [0.25, 0.3) is 0 Å². The lowest BCUT2D eigenvalue weighted by Crippen LogP contribution is -2.02. The van der Waals surface area contributed by atoms with Crippen molar-refractivity contribution < 1.29 is 87.8 Å². The second-order valence-electron chi connectivity index (χ2n) is 18.0. The Bertz CT molecular complexity index is 2880.